The summed E-state index contributed by atoms with van der Waals surface area (Å²) in [4.78, 5) is 27.1. The van der Waals surface area contributed by atoms with Crippen molar-refractivity contribution in [2.75, 3.05) is 13.1 Å². The smallest absolute Gasteiger partial charge is 0.251 e. The molecular weight excluding hydrogens is 350 g/mol. The van der Waals surface area contributed by atoms with Crippen LogP contribution in [0.5, 0.6) is 0 Å². The molecule has 0 aromatic heterocycles. The van der Waals surface area contributed by atoms with Gasteiger partial charge in [-0.3, -0.25) is 14.5 Å². The number of fused-ring (bicyclic) bond motifs is 1. The third-order valence-electron chi connectivity index (χ3n) is 5.46. The summed E-state index contributed by atoms with van der Waals surface area (Å²) in [5, 5.41) is 5.77. The lowest BCUT2D eigenvalue weighted by atomic mass is 9.94. The topological polar surface area (TPSA) is 61.4 Å². The zero-order chi connectivity index (χ0) is 20.1. The lowest BCUT2D eigenvalue weighted by Crippen LogP contribution is -2.55. The third kappa shape index (κ3) is 4.78. The SMILES string of the molecule is CC(NC(=O)c1ccccc1)C(=O)NCC(C)(C)N1CCc2ccccc2C1. The molecule has 0 bridgehead atoms. The van der Waals surface area contributed by atoms with Crippen molar-refractivity contribution in [2.24, 2.45) is 0 Å². The van der Waals surface area contributed by atoms with Crippen molar-refractivity contribution in [3.63, 3.8) is 0 Å². The van der Waals surface area contributed by atoms with Crippen molar-refractivity contribution < 1.29 is 9.59 Å². The Hall–Kier alpha value is -2.66. The summed E-state index contributed by atoms with van der Waals surface area (Å²) in [6.07, 6.45) is 1.02. The van der Waals surface area contributed by atoms with Gasteiger partial charge in [0.05, 0.1) is 0 Å². The van der Waals surface area contributed by atoms with Crippen LogP contribution in [0.1, 0.15) is 42.3 Å². The molecule has 1 unspecified atom stereocenters. The number of carbonyl (C=O) groups excluding carboxylic acids is 2. The van der Waals surface area contributed by atoms with Crippen molar-refractivity contribution in [3.05, 3.63) is 71.3 Å². The average molecular weight is 380 g/mol. The molecule has 0 saturated heterocycles. The van der Waals surface area contributed by atoms with E-state index < -0.39 is 6.04 Å². The molecule has 2 amide bonds. The molecule has 3 rings (SSSR count). The Morgan fingerprint density at radius 1 is 1.04 bits per heavy atom. The molecule has 0 saturated carbocycles. The van der Waals surface area contributed by atoms with Crippen molar-refractivity contribution >= 4 is 11.8 Å². The number of benzene rings is 2. The second kappa shape index (κ2) is 8.57. The highest BCUT2D eigenvalue weighted by Crippen LogP contribution is 2.24. The van der Waals surface area contributed by atoms with Crippen LogP contribution in [-0.4, -0.2) is 41.4 Å². The number of hydrogen-bond acceptors (Lipinski definition) is 3. The molecule has 0 aliphatic carbocycles. The van der Waals surface area contributed by atoms with Crippen LogP contribution in [0, 0.1) is 0 Å². The summed E-state index contributed by atoms with van der Waals surface area (Å²) >= 11 is 0. The molecule has 5 nitrogen and oxygen atoms in total. The maximum Gasteiger partial charge on any atom is 0.251 e. The van der Waals surface area contributed by atoms with Gasteiger partial charge in [-0.15, -0.1) is 0 Å². The van der Waals surface area contributed by atoms with E-state index in [0.717, 1.165) is 19.5 Å². The molecule has 2 aromatic rings. The molecule has 2 aromatic carbocycles. The van der Waals surface area contributed by atoms with Crippen LogP contribution in [0.2, 0.25) is 0 Å². The fraction of sp³-hybridized carbons (Fsp3) is 0.391. The van der Waals surface area contributed by atoms with Crippen molar-refractivity contribution in [2.45, 2.75) is 45.3 Å². The van der Waals surface area contributed by atoms with E-state index in [0.29, 0.717) is 12.1 Å². The lowest BCUT2D eigenvalue weighted by Gasteiger charge is -2.41. The molecule has 1 heterocycles. The summed E-state index contributed by atoms with van der Waals surface area (Å²) in [6.45, 7) is 8.39. The Labute approximate surface area is 167 Å². The van der Waals surface area contributed by atoms with Gasteiger partial charge in [0, 0.05) is 30.7 Å². The van der Waals surface area contributed by atoms with Gasteiger partial charge >= 0.3 is 0 Å². The Balaban J connectivity index is 1.52. The number of rotatable bonds is 6. The van der Waals surface area contributed by atoms with Gasteiger partial charge in [0.15, 0.2) is 0 Å². The molecule has 2 N–H and O–H groups in total. The molecule has 0 spiro atoms. The van der Waals surface area contributed by atoms with Gasteiger partial charge < -0.3 is 10.6 Å². The normalized spacial score (nSPS) is 15.4. The monoisotopic (exact) mass is 379 g/mol. The van der Waals surface area contributed by atoms with Crippen LogP contribution < -0.4 is 10.6 Å². The minimum Gasteiger partial charge on any atom is -0.352 e. The van der Waals surface area contributed by atoms with E-state index in [9.17, 15) is 9.59 Å². The summed E-state index contributed by atoms with van der Waals surface area (Å²) in [5.74, 6) is -0.412. The first-order valence-corrected chi connectivity index (χ1v) is 9.82. The number of hydrogen-bond donors (Lipinski definition) is 2. The van der Waals surface area contributed by atoms with Gasteiger partial charge in [0.1, 0.15) is 6.04 Å². The molecule has 148 valence electrons. The molecule has 28 heavy (non-hydrogen) atoms. The van der Waals surface area contributed by atoms with Gasteiger partial charge in [-0.2, -0.15) is 0 Å². The second-order valence-corrected chi connectivity index (χ2v) is 8.03. The highest BCUT2D eigenvalue weighted by atomic mass is 16.2. The van der Waals surface area contributed by atoms with Crippen molar-refractivity contribution in [1.82, 2.24) is 15.5 Å². The molecule has 5 heteroatoms. The largest absolute Gasteiger partial charge is 0.352 e. The van der Waals surface area contributed by atoms with Gasteiger partial charge in [0.2, 0.25) is 5.91 Å². The molecule has 0 fully saturated rings. The molecule has 1 aliphatic heterocycles. The Bertz CT molecular complexity index is 833. The van der Waals surface area contributed by atoms with E-state index in [1.807, 2.05) is 6.07 Å². The van der Waals surface area contributed by atoms with Crippen LogP contribution >= 0.6 is 0 Å². The van der Waals surface area contributed by atoms with E-state index in [4.69, 9.17) is 0 Å². The first kappa shape index (κ1) is 20.1. The summed E-state index contributed by atoms with van der Waals surface area (Å²) in [6, 6.07) is 16.9. The zero-order valence-electron chi connectivity index (χ0n) is 16.9. The third-order valence-corrected chi connectivity index (χ3v) is 5.46. The average Bonchev–Trinajstić information content (AvgIpc) is 2.72. The number of nitrogens with one attached hydrogen (secondary N) is 2. The summed E-state index contributed by atoms with van der Waals surface area (Å²) < 4.78 is 0. The quantitative estimate of drug-likeness (QED) is 0.811. The molecular formula is C23H29N3O2. The van der Waals surface area contributed by atoms with E-state index in [2.05, 4.69) is 53.6 Å². The number of amides is 2. The maximum absolute atomic E-state index is 12.5. The first-order chi connectivity index (χ1) is 13.4. The molecule has 1 atom stereocenters. The predicted octanol–water partition coefficient (Wildman–Crippen LogP) is 2.76. The van der Waals surface area contributed by atoms with Crippen LogP contribution in [-0.2, 0) is 17.8 Å². The Kier molecular flexibility index (Phi) is 6.15. The minimum absolute atomic E-state index is 0.172. The standard InChI is InChI=1S/C23H29N3O2/c1-17(25-22(28)19-10-5-4-6-11-19)21(27)24-16-23(2,3)26-14-13-18-9-7-8-12-20(18)15-26/h4-12,17H,13-16H2,1-3H3,(H,24,27)(H,25,28). The first-order valence-electron chi connectivity index (χ1n) is 9.82. The van der Waals surface area contributed by atoms with E-state index in [1.165, 1.54) is 11.1 Å². The van der Waals surface area contributed by atoms with Gasteiger partial charge in [-0.05, 0) is 50.5 Å². The van der Waals surface area contributed by atoms with Crippen LogP contribution in [0.4, 0.5) is 0 Å². The van der Waals surface area contributed by atoms with Gasteiger partial charge in [-0.25, -0.2) is 0 Å². The number of nitrogens with zero attached hydrogens (tertiary/aromatic N) is 1. The van der Waals surface area contributed by atoms with Gasteiger partial charge in [-0.1, -0.05) is 42.5 Å². The number of carbonyl (C=O) groups is 2. The fourth-order valence-corrected chi connectivity index (χ4v) is 3.52. The van der Waals surface area contributed by atoms with E-state index in [-0.39, 0.29) is 17.4 Å². The summed E-state index contributed by atoms with van der Waals surface area (Å²) in [7, 11) is 0. The second-order valence-electron chi connectivity index (χ2n) is 8.03. The Morgan fingerprint density at radius 2 is 1.68 bits per heavy atom. The Morgan fingerprint density at radius 3 is 2.39 bits per heavy atom. The van der Waals surface area contributed by atoms with E-state index in [1.54, 1.807) is 31.2 Å². The minimum atomic E-state index is -0.592. The maximum atomic E-state index is 12.5. The zero-order valence-corrected chi connectivity index (χ0v) is 16.9. The van der Waals surface area contributed by atoms with Crippen molar-refractivity contribution in [1.29, 1.82) is 0 Å². The predicted molar refractivity (Wildman–Crippen MR) is 111 cm³/mol. The van der Waals surface area contributed by atoms with Crippen molar-refractivity contribution in [3.8, 4) is 0 Å². The molecule has 1 aliphatic rings. The van der Waals surface area contributed by atoms with Crippen LogP contribution in [0.25, 0.3) is 0 Å². The molecule has 0 radical (unpaired) electrons. The highest BCUT2D eigenvalue weighted by Gasteiger charge is 2.30. The fourth-order valence-electron chi connectivity index (χ4n) is 3.52. The van der Waals surface area contributed by atoms with Crippen LogP contribution in [0.15, 0.2) is 54.6 Å². The van der Waals surface area contributed by atoms with Crippen LogP contribution in [0.3, 0.4) is 0 Å². The highest BCUT2D eigenvalue weighted by molar-refractivity contribution is 5.97. The van der Waals surface area contributed by atoms with Gasteiger partial charge in [0.25, 0.3) is 5.91 Å². The summed E-state index contributed by atoms with van der Waals surface area (Å²) in [5.41, 5.74) is 3.15. The lowest BCUT2D eigenvalue weighted by molar-refractivity contribution is -0.123. The van der Waals surface area contributed by atoms with E-state index >= 15 is 0 Å².